The summed E-state index contributed by atoms with van der Waals surface area (Å²) in [7, 11) is 0. The summed E-state index contributed by atoms with van der Waals surface area (Å²) in [5.41, 5.74) is 1.47. The third-order valence-electron chi connectivity index (χ3n) is 3.98. The molecule has 1 rings (SSSR count). The van der Waals surface area contributed by atoms with Gasteiger partial charge in [0.2, 0.25) is 0 Å². The van der Waals surface area contributed by atoms with Crippen molar-refractivity contribution in [2.75, 3.05) is 6.61 Å². The maximum Gasteiger partial charge on any atom is 0.313 e. The maximum atomic E-state index is 11.4. The number of hydrogen-bond acceptors (Lipinski definition) is 2. The standard InChI is InChI=1S/C16H28O2/c1-4-7-8-9-10-11-13(5-2)14(6-3)15-12-18-16(15)17/h11,14-15H,4-10,12H2,1-3H3. The predicted octanol–water partition coefficient (Wildman–Crippen LogP) is 4.49. The molecule has 0 aromatic heterocycles. The number of allylic oxidation sites excluding steroid dienone is 2. The molecule has 1 fully saturated rings. The summed E-state index contributed by atoms with van der Waals surface area (Å²) in [6, 6.07) is 0. The van der Waals surface area contributed by atoms with Crippen molar-refractivity contribution < 1.29 is 9.53 Å². The minimum absolute atomic E-state index is 0.00665. The summed E-state index contributed by atoms with van der Waals surface area (Å²) in [6.07, 6.45) is 10.9. The third-order valence-corrected chi connectivity index (χ3v) is 3.98. The Kier molecular flexibility index (Phi) is 7.07. The molecule has 1 aliphatic heterocycles. The summed E-state index contributed by atoms with van der Waals surface area (Å²) >= 11 is 0. The van der Waals surface area contributed by atoms with Gasteiger partial charge in [0.25, 0.3) is 0 Å². The predicted molar refractivity (Wildman–Crippen MR) is 75.4 cm³/mol. The van der Waals surface area contributed by atoms with E-state index < -0.39 is 0 Å². The first-order chi connectivity index (χ1) is 8.74. The molecule has 1 saturated heterocycles. The van der Waals surface area contributed by atoms with Crippen molar-refractivity contribution in [3.8, 4) is 0 Å². The summed E-state index contributed by atoms with van der Waals surface area (Å²) in [5, 5.41) is 0. The molecular formula is C16H28O2. The molecule has 0 spiro atoms. The van der Waals surface area contributed by atoms with Crippen molar-refractivity contribution >= 4 is 5.97 Å². The number of carbonyl (C=O) groups is 1. The van der Waals surface area contributed by atoms with E-state index in [0.29, 0.717) is 12.5 Å². The van der Waals surface area contributed by atoms with Crippen molar-refractivity contribution in [1.29, 1.82) is 0 Å². The molecule has 0 radical (unpaired) electrons. The van der Waals surface area contributed by atoms with Gasteiger partial charge in [0.1, 0.15) is 6.61 Å². The van der Waals surface area contributed by atoms with Crippen LogP contribution in [0.25, 0.3) is 0 Å². The van der Waals surface area contributed by atoms with Crippen LogP contribution in [0.3, 0.4) is 0 Å². The molecule has 0 amide bonds. The highest BCUT2D eigenvalue weighted by Crippen LogP contribution is 2.32. The van der Waals surface area contributed by atoms with Gasteiger partial charge in [-0.3, -0.25) is 4.79 Å². The van der Waals surface area contributed by atoms with Crippen LogP contribution < -0.4 is 0 Å². The van der Waals surface area contributed by atoms with E-state index in [1.54, 1.807) is 0 Å². The monoisotopic (exact) mass is 252 g/mol. The number of unbranched alkanes of at least 4 members (excludes halogenated alkanes) is 4. The summed E-state index contributed by atoms with van der Waals surface area (Å²) in [4.78, 5) is 11.4. The van der Waals surface area contributed by atoms with E-state index in [1.165, 1.54) is 37.7 Å². The summed E-state index contributed by atoms with van der Waals surface area (Å²) in [5.74, 6) is 0.562. The molecule has 2 nitrogen and oxygen atoms in total. The SMILES string of the molecule is CCCCCCC=C(CC)C(CC)C1COC1=O. The lowest BCUT2D eigenvalue weighted by molar-refractivity contribution is -0.172. The molecule has 2 atom stereocenters. The first kappa shape index (κ1) is 15.3. The number of esters is 1. The normalized spacial score (nSPS) is 21.4. The Morgan fingerprint density at radius 2 is 2.11 bits per heavy atom. The molecule has 18 heavy (non-hydrogen) atoms. The average molecular weight is 252 g/mol. The molecule has 1 aliphatic rings. The third kappa shape index (κ3) is 4.15. The minimum atomic E-state index is 0.00665. The van der Waals surface area contributed by atoms with Crippen LogP contribution in [0.15, 0.2) is 11.6 Å². The largest absolute Gasteiger partial charge is 0.464 e. The lowest BCUT2D eigenvalue weighted by Crippen LogP contribution is -2.40. The molecule has 104 valence electrons. The molecule has 0 N–H and O–H groups in total. The Morgan fingerprint density at radius 1 is 1.33 bits per heavy atom. The second-order valence-electron chi connectivity index (χ2n) is 5.23. The molecule has 0 saturated carbocycles. The van der Waals surface area contributed by atoms with Crippen LogP contribution in [-0.2, 0) is 9.53 Å². The highest BCUT2D eigenvalue weighted by Gasteiger charge is 2.38. The van der Waals surface area contributed by atoms with Gasteiger partial charge in [-0.15, -0.1) is 0 Å². The smallest absolute Gasteiger partial charge is 0.313 e. The van der Waals surface area contributed by atoms with Gasteiger partial charge in [-0.25, -0.2) is 0 Å². The number of carbonyl (C=O) groups excluding carboxylic acids is 1. The lowest BCUT2D eigenvalue weighted by atomic mass is 9.80. The number of ether oxygens (including phenoxy) is 1. The van der Waals surface area contributed by atoms with E-state index in [-0.39, 0.29) is 11.9 Å². The van der Waals surface area contributed by atoms with E-state index in [1.807, 2.05) is 0 Å². The van der Waals surface area contributed by atoms with Crippen LogP contribution >= 0.6 is 0 Å². The van der Waals surface area contributed by atoms with E-state index in [2.05, 4.69) is 26.8 Å². The summed E-state index contributed by atoms with van der Waals surface area (Å²) in [6.45, 7) is 7.24. The van der Waals surface area contributed by atoms with Crippen molar-refractivity contribution in [3.63, 3.8) is 0 Å². The van der Waals surface area contributed by atoms with E-state index >= 15 is 0 Å². The van der Waals surface area contributed by atoms with Crippen molar-refractivity contribution in [2.45, 2.75) is 65.7 Å². The second-order valence-corrected chi connectivity index (χ2v) is 5.23. The molecule has 0 aromatic carbocycles. The molecule has 2 heteroatoms. The Hall–Kier alpha value is -0.790. The fourth-order valence-corrected chi connectivity index (χ4v) is 2.75. The zero-order valence-corrected chi connectivity index (χ0v) is 12.2. The quantitative estimate of drug-likeness (QED) is 0.343. The number of hydrogen-bond donors (Lipinski definition) is 0. The van der Waals surface area contributed by atoms with Crippen LogP contribution in [-0.4, -0.2) is 12.6 Å². The van der Waals surface area contributed by atoms with Gasteiger partial charge in [-0.2, -0.15) is 0 Å². The topological polar surface area (TPSA) is 26.3 Å². The first-order valence-corrected chi connectivity index (χ1v) is 7.60. The van der Waals surface area contributed by atoms with Crippen LogP contribution in [0.2, 0.25) is 0 Å². The number of rotatable bonds is 9. The summed E-state index contributed by atoms with van der Waals surface area (Å²) < 4.78 is 4.91. The van der Waals surface area contributed by atoms with Gasteiger partial charge in [0.05, 0.1) is 5.92 Å². The number of cyclic esters (lactones) is 1. The van der Waals surface area contributed by atoms with Gasteiger partial charge in [0, 0.05) is 0 Å². The van der Waals surface area contributed by atoms with E-state index in [9.17, 15) is 4.79 Å². The van der Waals surface area contributed by atoms with E-state index in [4.69, 9.17) is 4.74 Å². The Labute approximate surface area is 112 Å². The fourth-order valence-electron chi connectivity index (χ4n) is 2.75. The first-order valence-electron chi connectivity index (χ1n) is 7.60. The fraction of sp³-hybridized carbons (Fsp3) is 0.812. The van der Waals surface area contributed by atoms with Crippen molar-refractivity contribution in [3.05, 3.63) is 11.6 Å². The lowest BCUT2D eigenvalue weighted by Gasteiger charge is -2.33. The van der Waals surface area contributed by atoms with Crippen LogP contribution in [0.5, 0.6) is 0 Å². The Bertz CT molecular complexity index is 281. The van der Waals surface area contributed by atoms with Gasteiger partial charge in [0.15, 0.2) is 0 Å². The molecule has 0 aliphatic carbocycles. The Balaban J connectivity index is 2.45. The average Bonchev–Trinajstić information content (AvgIpc) is 2.39. The zero-order valence-electron chi connectivity index (χ0n) is 12.2. The Morgan fingerprint density at radius 3 is 2.56 bits per heavy atom. The van der Waals surface area contributed by atoms with Crippen LogP contribution in [0.4, 0.5) is 0 Å². The van der Waals surface area contributed by atoms with Crippen LogP contribution in [0, 0.1) is 11.8 Å². The molecule has 1 heterocycles. The molecule has 0 aromatic rings. The molecule has 2 unspecified atom stereocenters. The zero-order chi connectivity index (χ0) is 13.4. The van der Waals surface area contributed by atoms with Gasteiger partial charge in [-0.1, -0.05) is 51.7 Å². The highest BCUT2D eigenvalue weighted by molar-refractivity contribution is 5.78. The minimum Gasteiger partial charge on any atom is -0.464 e. The van der Waals surface area contributed by atoms with Crippen molar-refractivity contribution in [2.24, 2.45) is 11.8 Å². The molecule has 0 bridgehead atoms. The second kappa shape index (κ2) is 8.34. The van der Waals surface area contributed by atoms with Gasteiger partial charge >= 0.3 is 5.97 Å². The van der Waals surface area contributed by atoms with Gasteiger partial charge in [-0.05, 0) is 31.6 Å². The highest BCUT2D eigenvalue weighted by atomic mass is 16.6. The van der Waals surface area contributed by atoms with Crippen LogP contribution in [0.1, 0.15) is 65.7 Å². The van der Waals surface area contributed by atoms with Crippen molar-refractivity contribution in [1.82, 2.24) is 0 Å². The maximum absolute atomic E-state index is 11.4. The van der Waals surface area contributed by atoms with E-state index in [0.717, 1.165) is 12.8 Å². The molecular weight excluding hydrogens is 224 g/mol. The van der Waals surface area contributed by atoms with Gasteiger partial charge < -0.3 is 4.74 Å².